The van der Waals surface area contributed by atoms with Gasteiger partial charge in [0.05, 0.1) is 0 Å². The van der Waals surface area contributed by atoms with E-state index in [0.29, 0.717) is 16.7 Å². The number of carbonyl (C=O) groups is 2. The van der Waals surface area contributed by atoms with Crippen molar-refractivity contribution in [2.24, 2.45) is 0 Å². The van der Waals surface area contributed by atoms with E-state index in [1.54, 1.807) is 6.07 Å². The zero-order valence-electron chi connectivity index (χ0n) is 14.8. The first-order valence-electron chi connectivity index (χ1n) is 8.20. The molecular weight excluding hydrogens is 554 g/mol. The smallest absolute Gasteiger partial charge is 1.00 e. The summed E-state index contributed by atoms with van der Waals surface area (Å²) in [6, 6.07) is 20.8. The van der Waals surface area contributed by atoms with Crippen molar-refractivity contribution >= 4 is 80.1 Å². The Morgan fingerprint density at radius 2 is 1.24 bits per heavy atom. The molecule has 7 heteroatoms. The molecule has 0 saturated heterocycles. The van der Waals surface area contributed by atoms with E-state index < -0.39 is 0 Å². The molecule has 0 N–H and O–H groups in total. The van der Waals surface area contributed by atoms with Gasteiger partial charge in [0.2, 0.25) is 0 Å². The standard InChI is InChI=1S/C22H11Br2O2.Al.2ClH/c23-18-6-5-13-9-16(3-1-14(13)10-18)22(26)21-17(12-25)4-2-15-11-19(24)7-8-20(15)21;;;/h1-11H;;2*1H/q;+2;;/p-2. The monoisotopic (exact) mass is 562 g/mol. The van der Waals surface area contributed by atoms with Gasteiger partial charge in [-0.1, -0.05) is 0 Å². The van der Waals surface area contributed by atoms with Crippen LogP contribution in [0.4, 0.5) is 0 Å². The Bertz CT molecular complexity index is 1260. The Morgan fingerprint density at radius 1 is 0.690 bits per heavy atom. The first-order chi connectivity index (χ1) is 12.9. The predicted octanol–water partition coefficient (Wildman–Crippen LogP) is 0.0657. The summed E-state index contributed by atoms with van der Waals surface area (Å²) in [5, 5.41) is 3.70. The number of hydrogen-bond donors (Lipinski definition) is 0. The van der Waals surface area contributed by atoms with Crippen LogP contribution in [0.15, 0.2) is 75.7 Å². The van der Waals surface area contributed by atoms with Crippen molar-refractivity contribution in [3.05, 3.63) is 92.4 Å². The van der Waals surface area contributed by atoms with E-state index in [4.69, 9.17) is 0 Å². The topological polar surface area (TPSA) is 34.1 Å². The molecule has 0 aromatic heterocycles. The van der Waals surface area contributed by atoms with Crippen molar-refractivity contribution in [3.8, 4) is 0 Å². The SMILES string of the molecule is O=[C]([Al+2])c1ccc2cc(Br)ccc2c1C(=O)c1ccc2cc(Br)ccc2c1.[Cl-].[Cl-]. The van der Waals surface area contributed by atoms with Gasteiger partial charge in [-0.2, -0.15) is 0 Å². The summed E-state index contributed by atoms with van der Waals surface area (Å²) in [6.45, 7) is 0. The van der Waals surface area contributed by atoms with Gasteiger partial charge in [-0.05, 0) is 0 Å². The van der Waals surface area contributed by atoms with Gasteiger partial charge < -0.3 is 24.8 Å². The minimum atomic E-state index is -0.201. The number of rotatable bonds is 3. The van der Waals surface area contributed by atoms with Gasteiger partial charge >= 0.3 is 182 Å². The van der Waals surface area contributed by atoms with Crippen LogP contribution in [-0.2, 0) is 0 Å². The zero-order valence-corrected chi connectivity index (χ0v) is 20.6. The molecule has 142 valence electrons. The molecule has 0 spiro atoms. The van der Waals surface area contributed by atoms with E-state index in [9.17, 15) is 9.59 Å². The molecule has 0 amide bonds. The number of halogens is 4. The van der Waals surface area contributed by atoms with Crippen LogP contribution < -0.4 is 24.8 Å². The number of carbonyl (C=O) groups excluding carboxylic acids is 2. The van der Waals surface area contributed by atoms with Crippen LogP contribution in [0.3, 0.4) is 0 Å². The van der Waals surface area contributed by atoms with Crippen molar-refractivity contribution in [1.82, 2.24) is 0 Å². The quantitative estimate of drug-likeness (QED) is 0.261. The van der Waals surface area contributed by atoms with Gasteiger partial charge in [0, 0.05) is 0 Å². The fourth-order valence-corrected chi connectivity index (χ4v) is 4.25. The fraction of sp³-hybridized carbons (Fsp3) is 0. The maximum Gasteiger partial charge on any atom is -1.00 e. The van der Waals surface area contributed by atoms with Gasteiger partial charge in [0.25, 0.3) is 0 Å². The molecule has 29 heavy (non-hydrogen) atoms. The molecule has 0 aliphatic rings. The minimum absolute atomic E-state index is 0. The summed E-state index contributed by atoms with van der Waals surface area (Å²) in [5.41, 5.74) is 1.42. The second kappa shape index (κ2) is 9.75. The van der Waals surface area contributed by atoms with Gasteiger partial charge in [0.15, 0.2) is 0 Å². The Kier molecular flexibility index (Phi) is 8.09. The Balaban J connectivity index is 0.00000150. The molecule has 0 aliphatic carbocycles. The van der Waals surface area contributed by atoms with E-state index in [0.717, 1.165) is 30.5 Å². The Labute approximate surface area is 205 Å². The largest absolute Gasteiger partial charge is 1.00 e. The average Bonchev–Trinajstić information content (AvgIpc) is 2.65. The van der Waals surface area contributed by atoms with Gasteiger partial charge in [-0.3, -0.25) is 0 Å². The number of hydrogen-bond acceptors (Lipinski definition) is 2. The van der Waals surface area contributed by atoms with Crippen molar-refractivity contribution in [2.75, 3.05) is 0 Å². The average molecular weight is 565 g/mol. The molecule has 4 aromatic carbocycles. The minimum Gasteiger partial charge on any atom is -1.00 e. The van der Waals surface area contributed by atoms with Crippen LogP contribution in [0.5, 0.6) is 0 Å². The van der Waals surface area contributed by atoms with E-state index in [1.165, 1.54) is 0 Å². The van der Waals surface area contributed by atoms with Gasteiger partial charge in [-0.15, -0.1) is 0 Å². The first-order valence-corrected chi connectivity index (χ1v) is 10.4. The van der Waals surface area contributed by atoms with Crippen LogP contribution in [0.25, 0.3) is 21.5 Å². The molecule has 0 heterocycles. The molecule has 4 aromatic rings. The van der Waals surface area contributed by atoms with Crippen LogP contribution in [-0.4, -0.2) is 26.7 Å². The third-order valence-corrected chi connectivity index (χ3v) is 5.84. The van der Waals surface area contributed by atoms with E-state index >= 15 is 0 Å². The van der Waals surface area contributed by atoms with E-state index in [-0.39, 0.29) is 35.2 Å². The van der Waals surface area contributed by atoms with Crippen molar-refractivity contribution in [1.29, 1.82) is 0 Å². The van der Waals surface area contributed by atoms with Crippen LogP contribution in [0.1, 0.15) is 26.3 Å². The molecule has 0 aliphatic heterocycles. The molecule has 0 unspecified atom stereocenters. The summed E-state index contributed by atoms with van der Waals surface area (Å²) >= 11 is 9.10. The molecule has 4 rings (SSSR count). The predicted molar refractivity (Wildman–Crippen MR) is 117 cm³/mol. The third kappa shape index (κ3) is 4.77. The first kappa shape index (κ1) is 24.1. The van der Waals surface area contributed by atoms with E-state index in [2.05, 4.69) is 48.2 Å². The number of benzene rings is 4. The van der Waals surface area contributed by atoms with Crippen molar-refractivity contribution in [3.63, 3.8) is 0 Å². The van der Waals surface area contributed by atoms with Gasteiger partial charge in [0.1, 0.15) is 0 Å². The summed E-state index contributed by atoms with van der Waals surface area (Å²) < 4.78 is 1.71. The molecule has 0 fully saturated rings. The van der Waals surface area contributed by atoms with Crippen LogP contribution >= 0.6 is 31.9 Å². The maximum absolute atomic E-state index is 13.4. The van der Waals surface area contributed by atoms with Gasteiger partial charge in [-0.25, -0.2) is 0 Å². The molecule has 0 radical (unpaired) electrons. The third-order valence-electron chi connectivity index (χ3n) is 4.54. The molecule has 0 saturated carbocycles. The second-order valence-corrected chi connectivity index (χ2v) is 8.61. The maximum atomic E-state index is 13.4. The molecular formula is C22H11AlBr2Cl2O2. The molecule has 2 nitrogen and oxygen atoms in total. The molecule has 0 atom stereocenters. The van der Waals surface area contributed by atoms with Crippen LogP contribution in [0, 0.1) is 0 Å². The summed E-state index contributed by atoms with van der Waals surface area (Å²) in [4.78, 5) is 25.6. The van der Waals surface area contributed by atoms with Crippen LogP contribution in [0.2, 0.25) is 0 Å². The van der Waals surface area contributed by atoms with Crippen molar-refractivity contribution in [2.45, 2.75) is 0 Å². The number of ketones is 1. The van der Waals surface area contributed by atoms with Crippen molar-refractivity contribution < 1.29 is 34.4 Å². The zero-order chi connectivity index (χ0) is 19.1. The summed E-state index contributed by atoms with van der Waals surface area (Å²) in [6.07, 6.45) is 0. The summed E-state index contributed by atoms with van der Waals surface area (Å²) in [5.74, 6) is -0.154. The second-order valence-electron chi connectivity index (χ2n) is 6.25. The Hall–Kier alpha value is -1.19. The molecule has 0 bridgehead atoms. The van der Waals surface area contributed by atoms with E-state index in [1.807, 2.05) is 60.7 Å². The Morgan fingerprint density at radius 3 is 1.93 bits per heavy atom. The number of fused-ring (bicyclic) bond motifs is 2. The fourth-order valence-electron chi connectivity index (χ4n) is 3.25. The summed E-state index contributed by atoms with van der Waals surface area (Å²) in [7, 11) is 0. The normalized spacial score (nSPS) is 10.3.